The number of H-pyrrole nitrogens is 1. The SMILES string of the molecule is NS(=O)(=O)CCNC(=O)c1cnc2[nH]nc(N3CCC[C@@H]3c3cc(F)ccc3F)c2c1. The molecule has 12 heteroatoms. The molecule has 1 saturated heterocycles. The van der Waals surface area contributed by atoms with Gasteiger partial charge < -0.3 is 10.2 Å². The van der Waals surface area contributed by atoms with Crippen LogP contribution in [0.15, 0.2) is 30.5 Å². The number of carbonyl (C=O) groups excluding carboxylic acids is 1. The third kappa shape index (κ3) is 4.49. The van der Waals surface area contributed by atoms with E-state index in [0.29, 0.717) is 29.8 Å². The first-order valence-electron chi connectivity index (χ1n) is 9.57. The van der Waals surface area contributed by atoms with Crippen LogP contribution in [0.5, 0.6) is 0 Å². The van der Waals surface area contributed by atoms with Crippen molar-refractivity contribution < 1.29 is 22.0 Å². The second-order valence-corrected chi connectivity index (χ2v) is 9.04. The molecule has 1 amide bonds. The minimum Gasteiger partial charge on any atom is -0.351 e. The van der Waals surface area contributed by atoms with Gasteiger partial charge in [-0.2, -0.15) is 5.10 Å². The van der Waals surface area contributed by atoms with E-state index in [2.05, 4.69) is 20.5 Å². The molecular weight excluding hydrogens is 430 g/mol. The van der Waals surface area contributed by atoms with Gasteiger partial charge in [-0.3, -0.25) is 9.89 Å². The zero-order valence-electron chi connectivity index (χ0n) is 16.3. The van der Waals surface area contributed by atoms with Crippen LogP contribution in [-0.2, 0) is 10.0 Å². The quantitative estimate of drug-likeness (QED) is 0.522. The summed E-state index contributed by atoms with van der Waals surface area (Å²) in [4.78, 5) is 18.4. The van der Waals surface area contributed by atoms with Crippen molar-refractivity contribution in [3.63, 3.8) is 0 Å². The number of nitrogens with one attached hydrogen (secondary N) is 2. The average molecular weight is 450 g/mol. The van der Waals surface area contributed by atoms with Crippen molar-refractivity contribution in [1.82, 2.24) is 20.5 Å². The van der Waals surface area contributed by atoms with Crippen molar-refractivity contribution in [1.29, 1.82) is 0 Å². The summed E-state index contributed by atoms with van der Waals surface area (Å²) < 4.78 is 50.2. The van der Waals surface area contributed by atoms with Crippen LogP contribution >= 0.6 is 0 Å². The lowest BCUT2D eigenvalue weighted by Crippen LogP contribution is -2.31. The molecule has 2 aromatic heterocycles. The summed E-state index contributed by atoms with van der Waals surface area (Å²) in [6, 6.07) is 4.54. The Hall–Kier alpha value is -3.12. The molecule has 0 aliphatic carbocycles. The zero-order valence-corrected chi connectivity index (χ0v) is 17.1. The van der Waals surface area contributed by atoms with E-state index in [1.54, 1.807) is 6.07 Å². The summed E-state index contributed by atoms with van der Waals surface area (Å²) in [5.74, 6) is -1.44. The van der Waals surface area contributed by atoms with Gasteiger partial charge in [-0.15, -0.1) is 0 Å². The molecule has 164 valence electrons. The lowest BCUT2D eigenvalue weighted by molar-refractivity contribution is 0.0956. The number of nitrogens with two attached hydrogens (primary N) is 1. The van der Waals surface area contributed by atoms with Crippen molar-refractivity contribution in [2.45, 2.75) is 18.9 Å². The summed E-state index contributed by atoms with van der Waals surface area (Å²) in [6.45, 7) is 0.437. The number of carbonyl (C=O) groups is 1. The summed E-state index contributed by atoms with van der Waals surface area (Å²) in [6.07, 6.45) is 2.72. The van der Waals surface area contributed by atoms with Crippen LogP contribution in [0.2, 0.25) is 0 Å². The van der Waals surface area contributed by atoms with Crippen molar-refractivity contribution in [3.8, 4) is 0 Å². The summed E-state index contributed by atoms with van der Waals surface area (Å²) in [7, 11) is -3.69. The first kappa shape index (κ1) is 21.1. The highest BCUT2D eigenvalue weighted by Gasteiger charge is 2.31. The largest absolute Gasteiger partial charge is 0.351 e. The number of pyridine rings is 1. The van der Waals surface area contributed by atoms with E-state index in [9.17, 15) is 22.0 Å². The average Bonchev–Trinajstić information content (AvgIpc) is 3.34. The first-order chi connectivity index (χ1) is 14.7. The molecule has 1 atom stereocenters. The van der Waals surface area contributed by atoms with Gasteiger partial charge >= 0.3 is 0 Å². The third-order valence-corrected chi connectivity index (χ3v) is 5.95. The lowest BCUT2D eigenvalue weighted by Gasteiger charge is -2.25. The Kier molecular flexibility index (Phi) is 5.58. The number of anilines is 1. The van der Waals surface area contributed by atoms with E-state index in [0.717, 1.165) is 18.6 Å². The Morgan fingerprint density at radius 3 is 2.90 bits per heavy atom. The summed E-state index contributed by atoms with van der Waals surface area (Å²) >= 11 is 0. The van der Waals surface area contributed by atoms with Crippen molar-refractivity contribution >= 4 is 32.8 Å². The highest BCUT2D eigenvalue weighted by atomic mass is 32.2. The fourth-order valence-electron chi connectivity index (χ4n) is 3.76. The number of rotatable bonds is 6. The highest BCUT2D eigenvalue weighted by molar-refractivity contribution is 7.89. The number of amides is 1. The number of hydrogen-bond donors (Lipinski definition) is 3. The van der Waals surface area contributed by atoms with Gasteiger partial charge in [0.1, 0.15) is 11.6 Å². The van der Waals surface area contributed by atoms with Crippen molar-refractivity contribution in [2.24, 2.45) is 5.14 Å². The van der Waals surface area contributed by atoms with E-state index in [1.807, 2.05) is 4.90 Å². The predicted octanol–water partition coefficient (Wildman–Crippen LogP) is 1.60. The van der Waals surface area contributed by atoms with E-state index in [1.165, 1.54) is 12.3 Å². The fraction of sp³-hybridized carbons (Fsp3) is 0.316. The molecule has 0 unspecified atom stereocenters. The molecule has 3 aromatic rings. The minimum atomic E-state index is -3.69. The number of aromatic nitrogens is 3. The molecule has 0 spiro atoms. The molecule has 4 N–H and O–H groups in total. The molecule has 3 heterocycles. The maximum Gasteiger partial charge on any atom is 0.252 e. The first-order valence-corrected chi connectivity index (χ1v) is 11.3. The van der Waals surface area contributed by atoms with E-state index >= 15 is 0 Å². The number of sulfonamides is 1. The van der Waals surface area contributed by atoms with E-state index in [-0.39, 0.29) is 23.4 Å². The molecule has 0 radical (unpaired) electrons. The van der Waals surface area contributed by atoms with Crippen LogP contribution < -0.4 is 15.4 Å². The van der Waals surface area contributed by atoms with Gasteiger partial charge in [0, 0.05) is 24.8 Å². The number of benzene rings is 1. The molecule has 31 heavy (non-hydrogen) atoms. The number of fused-ring (bicyclic) bond motifs is 1. The van der Waals surface area contributed by atoms with E-state index in [4.69, 9.17) is 5.14 Å². The lowest BCUT2D eigenvalue weighted by atomic mass is 10.0. The molecule has 0 saturated carbocycles. The molecule has 9 nitrogen and oxygen atoms in total. The molecule has 1 fully saturated rings. The molecule has 0 bridgehead atoms. The number of hydrogen-bond acceptors (Lipinski definition) is 6. The molecule has 1 aromatic carbocycles. The van der Waals surface area contributed by atoms with Crippen LogP contribution in [0.4, 0.5) is 14.6 Å². The summed E-state index contributed by atoms with van der Waals surface area (Å²) in [5, 5.41) is 15.0. The van der Waals surface area contributed by atoms with Crippen LogP contribution in [-0.4, -0.2) is 48.3 Å². The van der Waals surface area contributed by atoms with Gasteiger partial charge in [0.25, 0.3) is 5.91 Å². The zero-order chi connectivity index (χ0) is 22.2. The smallest absolute Gasteiger partial charge is 0.252 e. The van der Waals surface area contributed by atoms with Gasteiger partial charge in [0.05, 0.1) is 22.7 Å². The Morgan fingerprint density at radius 1 is 1.32 bits per heavy atom. The Balaban J connectivity index is 1.63. The third-order valence-electron chi connectivity index (χ3n) is 5.17. The number of nitrogens with zero attached hydrogens (tertiary/aromatic N) is 3. The van der Waals surface area contributed by atoms with Gasteiger partial charge in [0.2, 0.25) is 10.0 Å². The van der Waals surface area contributed by atoms with E-state index < -0.39 is 33.6 Å². The van der Waals surface area contributed by atoms with Crippen LogP contribution in [0.3, 0.4) is 0 Å². The van der Waals surface area contributed by atoms with Gasteiger partial charge in [0.15, 0.2) is 11.5 Å². The molecule has 1 aliphatic heterocycles. The Morgan fingerprint density at radius 2 is 2.13 bits per heavy atom. The second kappa shape index (κ2) is 8.19. The van der Waals surface area contributed by atoms with Crippen LogP contribution in [0.25, 0.3) is 11.0 Å². The molecule has 4 rings (SSSR count). The van der Waals surface area contributed by atoms with Crippen LogP contribution in [0.1, 0.15) is 34.8 Å². The topological polar surface area (TPSA) is 134 Å². The minimum absolute atomic E-state index is 0.138. The number of aromatic amines is 1. The normalized spacial score (nSPS) is 16.7. The monoisotopic (exact) mass is 450 g/mol. The Labute approximate surface area is 176 Å². The van der Waals surface area contributed by atoms with Gasteiger partial charge in [-0.05, 0) is 37.1 Å². The standard InChI is InChI=1S/C19H20F2N6O3S/c20-12-3-4-15(21)13(9-12)16-2-1-6-27(16)18-14-8-11(10-24-17(14)25-26-18)19(28)23-5-7-31(22,29)30/h3-4,8-10,16H,1-2,5-7H2,(H,23,28)(H2,22,29,30)(H,24,25,26)/t16-/m1/s1. The molecule has 1 aliphatic rings. The maximum absolute atomic E-state index is 14.4. The second-order valence-electron chi connectivity index (χ2n) is 7.31. The van der Waals surface area contributed by atoms with Gasteiger partial charge in [-0.25, -0.2) is 27.3 Å². The number of primary sulfonamides is 1. The highest BCUT2D eigenvalue weighted by Crippen LogP contribution is 2.39. The number of halogens is 2. The van der Waals surface area contributed by atoms with Crippen molar-refractivity contribution in [2.75, 3.05) is 23.7 Å². The maximum atomic E-state index is 14.4. The predicted molar refractivity (Wildman–Crippen MR) is 110 cm³/mol. The van der Waals surface area contributed by atoms with Crippen LogP contribution in [0, 0.1) is 11.6 Å². The molecular formula is C19H20F2N6O3S. The van der Waals surface area contributed by atoms with Gasteiger partial charge in [-0.1, -0.05) is 0 Å². The fourth-order valence-corrected chi connectivity index (χ4v) is 4.14. The van der Waals surface area contributed by atoms with Crippen molar-refractivity contribution in [3.05, 3.63) is 53.2 Å². The summed E-state index contributed by atoms with van der Waals surface area (Å²) in [5.41, 5.74) is 0.886. The Bertz CT molecular complexity index is 1250.